The molecule has 0 aliphatic heterocycles. The van der Waals surface area contributed by atoms with Gasteiger partial charge >= 0.3 is 0 Å². The molecule has 0 aromatic carbocycles. The first-order valence-corrected chi connectivity index (χ1v) is 2.20. The van der Waals surface area contributed by atoms with Crippen LogP contribution in [0.4, 0.5) is 4.39 Å². The number of rotatable bonds is 1. The van der Waals surface area contributed by atoms with Gasteiger partial charge in [-0.15, -0.1) is 0 Å². The number of carbonyl (C=O) groups excluding carboxylic acids is 2. The largest absolute Gasteiger partial charge is 0.291 e. The second-order valence-electron chi connectivity index (χ2n) is 1.42. The summed E-state index contributed by atoms with van der Waals surface area (Å²) >= 11 is 0. The van der Waals surface area contributed by atoms with E-state index < -0.39 is 17.6 Å². The van der Waals surface area contributed by atoms with Gasteiger partial charge in [-0.1, -0.05) is 6.58 Å². The summed E-state index contributed by atoms with van der Waals surface area (Å²) in [6, 6.07) is 0. The molecule has 0 aliphatic carbocycles. The molecule has 0 aromatic rings. The van der Waals surface area contributed by atoms with E-state index in [2.05, 4.69) is 6.58 Å². The number of hydrogen-bond acceptors (Lipinski definition) is 2. The molecule has 0 rings (SSSR count). The number of hydrogen-bond donors (Lipinski definition) is 1. The van der Waals surface area contributed by atoms with E-state index in [-0.39, 0.29) is 0 Å². The van der Waals surface area contributed by atoms with Gasteiger partial charge < -0.3 is 0 Å². The Morgan fingerprint density at radius 1 is 1.56 bits per heavy atom. The Kier molecular flexibility index (Phi) is 2.57. The summed E-state index contributed by atoms with van der Waals surface area (Å²) in [5.74, 6) is -2.84. The van der Waals surface area contributed by atoms with Crippen molar-refractivity contribution in [2.24, 2.45) is 0 Å². The molecule has 0 spiro atoms. The molecule has 0 fully saturated rings. The minimum atomic E-state index is -1.16. The van der Waals surface area contributed by atoms with E-state index >= 15 is 0 Å². The maximum absolute atomic E-state index is 11.7. The molecule has 4 heteroatoms. The van der Waals surface area contributed by atoms with Crippen molar-refractivity contribution in [2.45, 2.75) is 6.92 Å². The van der Waals surface area contributed by atoms with Gasteiger partial charge in [0, 0.05) is 6.92 Å². The van der Waals surface area contributed by atoms with Crippen molar-refractivity contribution < 1.29 is 14.0 Å². The SMILES string of the molecule is C=C(F)C(=O)NC(C)=O. The monoisotopic (exact) mass is 131 g/mol. The summed E-state index contributed by atoms with van der Waals surface area (Å²) in [5, 5.41) is 1.69. The van der Waals surface area contributed by atoms with Crippen molar-refractivity contribution in [3.05, 3.63) is 12.4 Å². The van der Waals surface area contributed by atoms with Crippen molar-refractivity contribution in [1.29, 1.82) is 0 Å². The molecule has 0 aromatic heterocycles. The van der Waals surface area contributed by atoms with Gasteiger partial charge in [0.1, 0.15) is 0 Å². The van der Waals surface area contributed by atoms with Crippen LogP contribution in [0.3, 0.4) is 0 Å². The Morgan fingerprint density at radius 3 is 2.11 bits per heavy atom. The standard InChI is InChI=1S/C5H6FNO2/c1-3(6)5(9)7-4(2)8/h1H2,2H3,(H,7,8,9). The first kappa shape index (κ1) is 7.81. The summed E-state index contributed by atoms with van der Waals surface area (Å²) < 4.78 is 11.7. The lowest BCUT2D eigenvalue weighted by molar-refractivity contribution is -0.127. The van der Waals surface area contributed by atoms with Crippen LogP contribution in [-0.2, 0) is 9.59 Å². The fourth-order valence-corrected chi connectivity index (χ4v) is 0.228. The van der Waals surface area contributed by atoms with Crippen LogP contribution in [0.25, 0.3) is 0 Å². The lowest BCUT2D eigenvalue weighted by Crippen LogP contribution is -2.27. The fraction of sp³-hybridized carbons (Fsp3) is 0.200. The normalized spacial score (nSPS) is 8.22. The third-order valence-electron chi connectivity index (χ3n) is 0.536. The molecule has 50 valence electrons. The first-order valence-electron chi connectivity index (χ1n) is 2.20. The van der Waals surface area contributed by atoms with Gasteiger partial charge in [-0.3, -0.25) is 14.9 Å². The molecule has 9 heavy (non-hydrogen) atoms. The summed E-state index contributed by atoms with van der Waals surface area (Å²) in [6.45, 7) is 3.79. The van der Waals surface area contributed by atoms with Gasteiger partial charge in [0.05, 0.1) is 0 Å². The first-order chi connectivity index (χ1) is 4.04. The van der Waals surface area contributed by atoms with E-state index in [4.69, 9.17) is 0 Å². The summed E-state index contributed by atoms with van der Waals surface area (Å²) in [6.07, 6.45) is 0. The lowest BCUT2D eigenvalue weighted by atomic mass is 10.5. The predicted molar refractivity (Wildman–Crippen MR) is 29.1 cm³/mol. The molecule has 0 atom stereocenters. The number of imide groups is 1. The van der Waals surface area contributed by atoms with Crippen LogP contribution >= 0.6 is 0 Å². The number of carbonyl (C=O) groups is 2. The maximum Gasteiger partial charge on any atom is 0.285 e. The van der Waals surface area contributed by atoms with Gasteiger partial charge in [0.25, 0.3) is 5.91 Å². The highest BCUT2D eigenvalue weighted by molar-refractivity contribution is 6.01. The van der Waals surface area contributed by atoms with E-state index in [0.717, 1.165) is 6.92 Å². The third-order valence-corrected chi connectivity index (χ3v) is 0.536. The van der Waals surface area contributed by atoms with Gasteiger partial charge in [0.15, 0.2) is 5.83 Å². The van der Waals surface area contributed by atoms with E-state index in [0.29, 0.717) is 0 Å². The predicted octanol–water partition coefficient (Wildman–Crippen LogP) is 0.132. The second-order valence-corrected chi connectivity index (χ2v) is 1.42. The Bertz CT molecular complexity index is 164. The molecule has 1 N–H and O–H groups in total. The van der Waals surface area contributed by atoms with Crippen LogP contribution in [0.2, 0.25) is 0 Å². The minimum absolute atomic E-state index is 0.598. The molecule has 2 amide bonds. The molecule has 3 nitrogen and oxygen atoms in total. The van der Waals surface area contributed by atoms with Crippen LogP contribution in [0.15, 0.2) is 12.4 Å². The van der Waals surface area contributed by atoms with Gasteiger partial charge in [-0.2, -0.15) is 0 Å². The van der Waals surface area contributed by atoms with Crippen LogP contribution in [-0.4, -0.2) is 11.8 Å². The summed E-state index contributed by atoms with van der Waals surface area (Å²) in [7, 11) is 0. The molecule has 0 aliphatic rings. The second kappa shape index (κ2) is 2.96. The number of halogens is 1. The third kappa shape index (κ3) is 3.40. The minimum Gasteiger partial charge on any atom is -0.291 e. The molecule has 0 unspecified atom stereocenters. The highest BCUT2D eigenvalue weighted by atomic mass is 19.1. The molecular weight excluding hydrogens is 125 g/mol. The van der Waals surface area contributed by atoms with E-state index in [1.807, 2.05) is 0 Å². The zero-order chi connectivity index (χ0) is 7.44. The molecule has 0 saturated carbocycles. The smallest absolute Gasteiger partial charge is 0.285 e. The van der Waals surface area contributed by atoms with Crippen LogP contribution in [0.1, 0.15) is 6.92 Å². The molecule has 0 saturated heterocycles. The zero-order valence-corrected chi connectivity index (χ0v) is 4.90. The summed E-state index contributed by atoms with van der Waals surface area (Å²) in [4.78, 5) is 20.2. The Hall–Kier alpha value is -1.19. The quantitative estimate of drug-likeness (QED) is 0.514. The highest BCUT2D eigenvalue weighted by Crippen LogP contribution is 1.88. The topological polar surface area (TPSA) is 46.2 Å². The van der Waals surface area contributed by atoms with Gasteiger partial charge in [-0.05, 0) is 0 Å². The van der Waals surface area contributed by atoms with Crippen LogP contribution < -0.4 is 5.32 Å². The van der Waals surface area contributed by atoms with Crippen molar-refractivity contribution in [3.8, 4) is 0 Å². The van der Waals surface area contributed by atoms with Crippen LogP contribution in [0, 0.1) is 0 Å². The Balaban J connectivity index is 3.79. The van der Waals surface area contributed by atoms with Crippen molar-refractivity contribution in [1.82, 2.24) is 5.32 Å². The van der Waals surface area contributed by atoms with E-state index in [1.165, 1.54) is 0 Å². The van der Waals surface area contributed by atoms with Gasteiger partial charge in [-0.25, -0.2) is 4.39 Å². The maximum atomic E-state index is 11.7. The van der Waals surface area contributed by atoms with Crippen molar-refractivity contribution in [3.63, 3.8) is 0 Å². The average Bonchev–Trinajstić information content (AvgIpc) is 1.63. The van der Waals surface area contributed by atoms with Crippen LogP contribution in [0.5, 0.6) is 0 Å². The zero-order valence-electron chi connectivity index (χ0n) is 4.90. The fourth-order valence-electron chi connectivity index (χ4n) is 0.228. The highest BCUT2D eigenvalue weighted by Gasteiger charge is 2.05. The Morgan fingerprint density at radius 2 is 2.00 bits per heavy atom. The Labute approximate surface area is 51.5 Å². The van der Waals surface area contributed by atoms with Crippen molar-refractivity contribution >= 4 is 11.8 Å². The van der Waals surface area contributed by atoms with Crippen molar-refractivity contribution in [2.75, 3.05) is 0 Å². The average molecular weight is 131 g/mol. The number of amides is 2. The lowest BCUT2D eigenvalue weighted by Gasteiger charge is -1.93. The molecule has 0 radical (unpaired) electrons. The van der Waals surface area contributed by atoms with E-state index in [1.54, 1.807) is 5.32 Å². The molecule has 0 heterocycles. The molecule has 0 bridgehead atoms. The summed E-state index contributed by atoms with van der Waals surface area (Å²) in [5.41, 5.74) is 0. The molecular formula is C5H6FNO2. The number of nitrogens with one attached hydrogen (secondary N) is 1. The van der Waals surface area contributed by atoms with E-state index in [9.17, 15) is 14.0 Å². The van der Waals surface area contributed by atoms with Gasteiger partial charge in [0.2, 0.25) is 5.91 Å².